The number of hydrogen-bond acceptors (Lipinski definition) is 1. The average Bonchev–Trinajstić information content (AvgIpc) is 1.65. The van der Waals surface area contributed by atoms with Crippen LogP contribution in [0.25, 0.3) is 0 Å². The fourth-order valence-corrected chi connectivity index (χ4v) is 1.08. The highest BCUT2D eigenvalue weighted by Crippen LogP contribution is 1.88. The Morgan fingerprint density at radius 1 is 1.50 bits per heavy atom. The lowest BCUT2D eigenvalue weighted by molar-refractivity contribution is 0.561. The summed E-state index contributed by atoms with van der Waals surface area (Å²) in [6.45, 7) is 4.50. The van der Waals surface area contributed by atoms with Crippen LogP contribution in [0, 0.1) is 0 Å². The van der Waals surface area contributed by atoms with Crippen molar-refractivity contribution in [2.24, 2.45) is 0 Å². The van der Waals surface area contributed by atoms with Crippen molar-refractivity contribution >= 4 is 9.52 Å². The van der Waals surface area contributed by atoms with Crippen molar-refractivity contribution in [1.29, 1.82) is 0 Å². The van der Waals surface area contributed by atoms with E-state index in [-0.39, 0.29) is 9.52 Å². The maximum absolute atomic E-state index is 2.30. The Kier molecular flexibility index (Phi) is 3.61. The fourth-order valence-electron chi connectivity index (χ4n) is 0.532. The van der Waals surface area contributed by atoms with E-state index in [0.717, 1.165) is 0 Å². The van der Waals surface area contributed by atoms with E-state index in [4.69, 9.17) is 0 Å². The lowest BCUT2D eigenvalue weighted by Crippen LogP contribution is -2.03. The number of nitrogens with zero attached hydrogens (tertiary/aromatic N) is 1. The van der Waals surface area contributed by atoms with Gasteiger partial charge in [0.25, 0.3) is 0 Å². The summed E-state index contributed by atoms with van der Waals surface area (Å²) in [6.07, 6.45) is 2.20. The Labute approximate surface area is 54.2 Å². The van der Waals surface area contributed by atoms with Crippen molar-refractivity contribution < 1.29 is 0 Å². The first kappa shape index (κ1) is 7.76. The molecule has 0 spiro atoms. The van der Waals surface area contributed by atoms with Crippen molar-refractivity contribution in [3.05, 3.63) is 11.4 Å². The molecule has 0 saturated heterocycles. The van der Waals surface area contributed by atoms with Gasteiger partial charge >= 0.3 is 0 Å². The van der Waals surface area contributed by atoms with Gasteiger partial charge in [-0.05, 0) is 13.1 Å². The van der Waals surface area contributed by atoms with Gasteiger partial charge in [-0.25, -0.2) is 0 Å². The third-order valence-electron chi connectivity index (χ3n) is 1.04. The van der Waals surface area contributed by atoms with Crippen LogP contribution in [-0.4, -0.2) is 28.5 Å². The SMILES string of the molecule is C[SiH2]/C(C)=C/N(C)C. The van der Waals surface area contributed by atoms with E-state index in [1.807, 2.05) is 0 Å². The molecule has 0 unspecified atom stereocenters. The monoisotopic (exact) mass is 129 g/mol. The maximum Gasteiger partial charge on any atom is 0.0480 e. The van der Waals surface area contributed by atoms with Crippen LogP contribution in [-0.2, 0) is 0 Å². The van der Waals surface area contributed by atoms with Crippen LogP contribution < -0.4 is 0 Å². The lowest BCUT2D eigenvalue weighted by atomic mass is 10.6. The van der Waals surface area contributed by atoms with Gasteiger partial charge in [-0.15, -0.1) is 0 Å². The van der Waals surface area contributed by atoms with Crippen molar-refractivity contribution in [1.82, 2.24) is 4.90 Å². The third-order valence-corrected chi connectivity index (χ3v) is 2.33. The fraction of sp³-hybridized carbons (Fsp3) is 0.667. The molecule has 0 aliphatic carbocycles. The minimum absolute atomic E-state index is 0.115. The molecule has 8 heavy (non-hydrogen) atoms. The highest BCUT2D eigenvalue weighted by Gasteiger charge is 1.82. The van der Waals surface area contributed by atoms with Gasteiger partial charge in [0, 0.05) is 23.6 Å². The van der Waals surface area contributed by atoms with Crippen LogP contribution in [0.15, 0.2) is 11.4 Å². The minimum atomic E-state index is 0.115. The van der Waals surface area contributed by atoms with Crippen molar-refractivity contribution in [2.75, 3.05) is 14.1 Å². The largest absolute Gasteiger partial charge is 0.384 e. The van der Waals surface area contributed by atoms with Gasteiger partial charge in [-0.1, -0.05) is 11.7 Å². The van der Waals surface area contributed by atoms with Crippen LogP contribution in [0.3, 0.4) is 0 Å². The molecule has 0 amide bonds. The zero-order valence-electron chi connectivity index (χ0n) is 6.23. The topological polar surface area (TPSA) is 3.24 Å². The second-order valence-corrected chi connectivity index (χ2v) is 4.12. The summed E-state index contributed by atoms with van der Waals surface area (Å²) in [4.78, 5) is 2.10. The summed E-state index contributed by atoms with van der Waals surface area (Å²) >= 11 is 0. The molecule has 0 aromatic rings. The van der Waals surface area contributed by atoms with E-state index in [2.05, 4.69) is 38.7 Å². The van der Waals surface area contributed by atoms with Gasteiger partial charge in [0.2, 0.25) is 0 Å². The Morgan fingerprint density at radius 3 is 2.12 bits per heavy atom. The Morgan fingerprint density at radius 2 is 2.00 bits per heavy atom. The standard InChI is InChI=1S/C6H15NSi/c1-6(8-4)5-7(2)3/h5H,8H2,1-4H3/b6-5+. The second-order valence-electron chi connectivity index (χ2n) is 2.29. The molecule has 2 heteroatoms. The van der Waals surface area contributed by atoms with E-state index in [0.29, 0.717) is 0 Å². The number of rotatable bonds is 2. The summed E-state index contributed by atoms with van der Waals surface area (Å²) in [5, 5.41) is 1.56. The van der Waals surface area contributed by atoms with Crippen LogP contribution in [0.5, 0.6) is 0 Å². The highest BCUT2D eigenvalue weighted by atomic mass is 28.2. The number of allylic oxidation sites excluding steroid dienone is 1. The molecular formula is C6H15NSi. The third kappa shape index (κ3) is 3.93. The second kappa shape index (κ2) is 3.72. The quantitative estimate of drug-likeness (QED) is 0.494. The Bertz CT molecular complexity index is 86.5. The molecule has 0 N–H and O–H groups in total. The molecule has 48 valence electrons. The van der Waals surface area contributed by atoms with Gasteiger partial charge in [0.15, 0.2) is 0 Å². The summed E-state index contributed by atoms with van der Waals surface area (Å²) < 4.78 is 0. The molecule has 0 aliphatic rings. The molecule has 0 aromatic heterocycles. The van der Waals surface area contributed by atoms with E-state index in [1.165, 1.54) is 0 Å². The van der Waals surface area contributed by atoms with Gasteiger partial charge in [0.1, 0.15) is 0 Å². The molecule has 0 bridgehead atoms. The molecular weight excluding hydrogens is 114 g/mol. The zero-order valence-corrected chi connectivity index (χ0v) is 7.65. The summed E-state index contributed by atoms with van der Waals surface area (Å²) in [6, 6.07) is 0. The van der Waals surface area contributed by atoms with Crippen LogP contribution in [0.2, 0.25) is 6.55 Å². The first-order valence-corrected chi connectivity index (χ1v) is 5.12. The van der Waals surface area contributed by atoms with E-state index in [9.17, 15) is 0 Å². The smallest absolute Gasteiger partial charge is 0.0480 e. The average molecular weight is 129 g/mol. The van der Waals surface area contributed by atoms with E-state index in [1.54, 1.807) is 5.20 Å². The van der Waals surface area contributed by atoms with E-state index < -0.39 is 0 Å². The maximum atomic E-state index is 2.30. The lowest BCUT2D eigenvalue weighted by Gasteiger charge is -2.05. The number of hydrogen-bond donors (Lipinski definition) is 0. The molecule has 0 rings (SSSR count). The minimum Gasteiger partial charge on any atom is -0.384 e. The molecule has 1 nitrogen and oxygen atoms in total. The summed E-state index contributed by atoms with van der Waals surface area (Å²) in [5.41, 5.74) is 0. The van der Waals surface area contributed by atoms with Gasteiger partial charge < -0.3 is 4.90 Å². The molecule has 0 aliphatic heterocycles. The van der Waals surface area contributed by atoms with Crippen molar-refractivity contribution in [2.45, 2.75) is 13.5 Å². The predicted molar refractivity (Wildman–Crippen MR) is 41.9 cm³/mol. The normalized spacial score (nSPS) is 13.2. The van der Waals surface area contributed by atoms with Gasteiger partial charge in [0.05, 0.1) is 0 Å². The van der Waals surface area contributed by atoms with Gasteiger partial charge in [-0.3, -0.25) is 0 Å². The predicted octanol–water partition coefficient (Wildman–Crippen LogP) is 0.626. The van der Waals surface area contributed by atoms with Crippen molar-refractivity contribution in [3.8, 4) is 0 Å². The molecule has 0 fully saturated rings. The van der Waals surface area contributed by atoms with Crippen molar-refractivity contribution in [3.63, 3.8) is 0 Å². The van der Waals surface area contributed by atoms with Gasteiger partial charge in [-0.2, -0.15) is 0 Å². The Balaban J connectivity index is 3.56. The summed E-state index contributed by atoms with van der Waals surface area (Å²) in [5.74, 6) is 0. The van der Waals surface area contributed by atoms with Crippen LogP contribution in [0.1, 0.15) is 6.92 Å². The molecule has 0 aromatic carbocycles. The highest BCUT2D eigenvalue weighted by molar-refractivity contribution is 6.43. The van der Waals surface area contributed by atoms with E-state index >= 15 is 0 Å². The van der Waals surface area contributed by atoms with Crippen LogP contribution in [0.4, 0.5) is 0 Å². The first-order valence-electron chi connectivity index (χ1n) is 3.00. The molecule has 0 saturated carbocycles. The molecule has 0 atom stereocenters. The Hall–Kier alpha value is -0.243. The first-order chi connectivity index (χ1) is 3.66. The molecule has 0 radical (unpaired) electrons. The zero-order chi connectivity index (χ0) is 6.57. The molecule has 0 heterocycles. The van der Waals surface area contributed by atoms with Crippen LogP contribution >= 0.6 is 0 Å². The summed E-state index contributed by atoms with van der Waals surface area (Å²) in [7, 11) is 4.24.